The zero-order chi connectivity index (χ0) is 25.9. The van der Waals surface area contributed by atoms with E-state index >= 15 is 0 Å². The number of pyridine rings is 1. The molecule has 0 saturated carbocycles. The zero-order valence-corrected chi connectivity index (χ0v) is 20.5. The lowest BCUT2D eigenvalue weighted by molar-refractivity contribution is -0.129. The van der Waals surface area contributed by atoms with Gasteiger partial charge >= 0.3 is 5.97 Å². The molecular formula is C29H26N4O4. The number of aromatic amines is 1. The highest BCUT2D eigenvalue weighted by atomic mass is 16.5. The summed E-state index contributed by atoms with van der Waals surface area (Å²) in [6, 6.07) is 17.1. The van der Waals surface area contributed by atoms with Crippen molar-refractivity contribution in [1.29, 1.82) is 0 Å². The molecule has 0 bridgehead atoms. The molecule has 1 saturated heterocycles. The number of H-pyrrole nitrogens is 1. The van der Waals surface area contributed by atoms with Crippen molar-refractivity contribution in [2.75, 3.05) is 20.2 Å². The van der Waals surface area contributed by atoms with E-state index in [0.29, 0.717) is 19.6 Å². The molecule has 0 spiro atoms. The third-order valence-electron chi connectivity index (χ3n) is 6.52. The highest BCUT2D eigenvalue weighted by molar-refractivity contribution is 5.97. The molecule has 2 aromatic carbocycles. The molecule has 1 aliphatic heterocycles. The average molecular weight is 495 g/mol. The van der Waals surface area contributed by atoms with E-state index in [2.05, 4.69) is 33.2 Å². The lowest BCUT2D eigenvalue weighted by Crippen LogP contribution is -2.59. The first kappa shape index (κ1) is 24.1. The first-order valence-electron chi connectivity index (χ1n) is 11.9. The fourth-order valence-corrected chi connectivity index (χ4v) is 4.51. The monoisotopic (exact) mass is 494 g/mol. The van der Waals surface area contributed by atoms with Crippen LogP contribution in [0.15, 0.2) is 60.8 Å². The molecule has 8 nitrogen and oxygen atoms in total. The normalized spacial score (nSPS) is 13.1. The van der Waals surface area contributed by atoms with Gasteiger partial charge in [-0.2, -0.15) is 0 Å². The molecule has 2 aromatic heterocycles. The number of benzene rings is 2. The number of carbonyl (C=O) groups is 2. The van der Waals surface area contributed by atoms with Crippen LogP contribution in [0.25, 0.3) is 33.4 Å². The molecule has 4 aromatic rings. The van der Waals surface area contributed by atoms with Crippen molar-refractivity contribution in [3.8, 4) is 40.0 Å². The molecular weight excluding hydrogens is 468 g/mol. The molecule has 1 fully saturated rings. The first-order valence-corrected chi connectivity index (χ1v) is 11.9. The highest BCUT2D eigenvalue weighted by Gasteiger charge is 2.29. The van der Waals surface area contributed by atoms with Gasteiger partial charge < -0.3 is 25.0 Å². The van der Waals surface area contributed by atoms with E-state index in [0.717, 1.165) is 44.7 Å². The summed E-state index contributed by atoms with van der Waals surface area (Å²) in [4.78, 5) is 32.7. The molecule has 3 N–H and O–H groups in total. The number of carboxylic acids is 1. The second-order valence-electron chi connectivity index (χ2n) is 8.88. The molecule has 5 rings (SSSR count). The van der Waals surface area contributed by atoms with E-state index in [1.807, 2.05) is 36.4 Å². The Bertz CT molecular complexity index is 1540. The maximum absolute atomic E-state index is 11.8. The Hall–Kier alpha value is -4.61. The van der Waals surface area contributed by atoms with Gasteiger partial charge in [-0.05, 0) is 65.9 Å². The summed E-state index contributed by atoms with van der Waals surface area (Å²) in [7, 11) is 1.65. The van der Waals surface area contributed by atoms with Gasteiger partial charge in [-0.25, -0.2) is 9.78 Å². The van der Waals surface area contributed by atoms with Crippen LogP contribution in [0.2, 0.25) is 0 Å². The molecule has 8 heteroatoms. The van der Waals surface area contributed by atoms with Gasteiger partial charge in [0, 0.05) is 42.8 Å². The zero-order valence-electron chi connectivity index (χ0n) is 20.5. The fraction of sp³-hybridized carbons (Fsp3) is 0.207. The van der Waals surface area contributed by atoms with Crippen molar-refractivity contribution in [2.24, 2.45) is 0 Å². The number of aromatic nitrogens is 2. The number of fused-ring (bicyclic) bond motifs is 1. The van der Waals surface area contributed by atoms with Crippen molar-refractivity contribution in [3.05, 3.63) is 71.9 Å². The van der Waals surface area contributed by atoms with Crippen LogP contribution in [0.1, 0.15) is 22.8 Å². The largest absolute Gasteiger partial charge is 0.496 e. The van der Waals surface area contributed by atoms with Crippen LogP contribution >= 0.6 is 0 Å². The van der Waals surface area contributed by atoms with Gasteiger partial charge in [0.2, 0.25) is 0 Å². The number of nitrogens with zero attached hydrogens (tertiary/aromatic N) is 2. The van der Waals surface area contributed by atoms with E-state index in [-0.39, 0.29) is 17.5 Å². The molecule has 0 aliphatic carbocycles. The minimum atomic E-state index is -0.953. The van der Waals surface area contributed by atoms with Gasteiger partial charge in [-0.3, -0.25) is 4.79 Å². The number of ether oxygens (including phenoxy) is 1. The molecule has 0 radical (unpaired) electrons. The van der Waals surface area contributed by atoms with Crippen molar-refractivity contribution in [1.82, 2.24) is 20.2 Å². The topological polar surface area (TPSA) is 108 Å². The van der Waals surface area contributed by atoms with Gasteiger partial charge in [-0.15, -0.1) is 0 Å². The minimum Gasteiger partial charge on any atom is -0.496 e. The first-order chi connectivity index (χ1) is 18.0. The Morgan fingerprint density at radius 2 is 1.92 bits per heavy atom. The van der Waals surface area contributed by atoms with Crippen LogP contribution in [0, 0.1) is 11.8 Å². The van der Waals surface area contributed by atoms with E-state index in [9.17, 15) is 14.7 Å². The Kier molecular flexibility index (Phi) is 6.62. The number of hydrogen-bond acceptors (Lipinski definition) is 5. The van der Waals surface area contributed by atoms with Crippen LogP contribution in [-0.4, -0.2) is 58.1 Å². The summed E-state index contributed by atoms with van der Waals surface area (Å²) in [6.45, 7) is 3.63. The molecule has 3 heterocycles. The standard InChI is InChI=1S/C29H26N4O4/c1-3-4-27(34)33-16-21(17-33)31-15-18-5-10-26(37-2)24(13-18)25-14-23-22(11-12-30-28(23)32-25)19-6-8-20(9-7-19)29(35)36/h5-14,21,31H,15-17H2,1-2H3,(H,30,32)(H,35,36). The fourth-order valence-electron chi connectivity index (χ4n) is 4.51. The maximum Gasteiger partial charge on any atom is 0.335 e. The number of rotatable bonds is 7. The maximum atomic E-state index is 11.8. The van der Waals surface area contributed by atoms with Gasteiger partial charge in [0.25, 0.3) is 5.91 Å². The summed E-state index contributed by atoms with van der Waals surface area (Å²) in [5.74, 6) is 4.88. The number of methoxy groups -OCH3 is 1. The van der Waals surface area contributed by atoms with Crippen LogP contribution in [-0.2, 0) is 11.3 Å². The van der Waals surface area contributed by atoms with Gasteiger partial charge in [0.15, 0.2) is 0 Å². The summed E-state index contributed by atoms with van der Waals surface area (Å²) in [5.41, 5.74) is 5.71. The van der Waals surface area contributed by atoms with Crippen LogP contribution in [0.5, 0.6) is 5.75 Å². The lowest BCUT2D eigenvalue weighted by atomic mass is 10.0. The Morgan fingerprint density at radius 1 is 1.14 bits per heavy atom. The number of amides is 1. The quantitative estimate of drug-likeness (QED) is 0.336. The van der Waals surface area contributed by atoms with Crippen molar-refractivity contribution < 1.29 is 19.4 Å². The summed E-state index contributed by atoms with van der Waals surface area (Å²) >= 11 is 0. The predicted octanol–water partition coefficient (Wildman–Crippen LogP) is 3.93. The summed E-state index contributed by atoms with van der Waals surface area (Å²) < 4.78 is 5.65. The van der Waals surface area contributed by atoms with Crippen LogP contribution in [0.3, 0.4) is 0 Å². The van der Waals surface area contributed by atoms with Crippen LogP contribution in [0.4, 0.5) is 0 Å². The average Bonchev–Trinajstić information content (AvgIpc) is 3.32. The molecule has 37 heavy (non-hydrogen) atoms. The smallest absolute Gasteiger partial charge is 0.335 e. The molecule has 1 aliphatic rings. The number of aromatic carboxylic acids is 1. The second kappa shape index (κ2) is 10.2. The predicted molar refractivity (Wildman–Crippen MR) is 141 cm³/mol. The highest BCUT2D eigenvalue weighted by Crippen LogP contribution is 2.35. The Labute approximate surface area is 214 Å². The summed E-state index contributed by atoms with van der Waals surface area (Å²) in [5, 5.41) is 13.6. The lowest BCUT2D eigenvalue weighted by Gasteiger charge is -2.38. The number of hydrogen-bond donors (Lipinski definition) is 3. The number of nitrogens with one attached hydrogen (secondary N) is 2. The van der Waals surface area contributed by atoms with Gasteiger partial charge in [0.05, 0.1) is 18.4 Å². The minimum absolute atomic E-state index is 0.128. The third-order valence-corrected chi connectivity index (χ3v) is 6.52. The Balaban J connectivity index is 1.38. The SMILES string of the molecule is CC#CC(=O)N1CC(NCc2ccc(OC)c(-c3cc4c(-c5ccc(C(=O)O)cc5)ccnc4[nH]3)c2)C1. The van der Waals surface area contributed by atoms with Gasteiger partial charge in [0.1, 0.15) is 11.4 Å². The number of likely N-dealkylation sites (tertiary alicyclic amines) is 1. The van der Waals surface area contributed by atoms with E-state index in [1.165, 1.54) is 0 Å². The summed E-state index contributed by atoms with van der Waals surface area (Å²) in [6.07, 6.45) is 1.74. The second-order valence-corrected chi connectivity index (χ2v) is 8.88. The van der Waals surface area contributed by atoms with Crippen molar-refractivity contribution in [3.63, 3.8) is 0 Å². The van der Waals surface area contributed by atoms with Crippen LogP contribution < -0.4 is 10.1 Å². The van der Waals surface area contributed by atoms with Crippen molar-refractivity contribution in [2.45, 2.75) is 19.5 Å². The van der Waals surface area contributed by atoms with E-state index in [4.69, 9.17) is 4.74 Å². The van der Waals surface area contributed by atoms with Gasteiger partial charge in [-0.1, -0.05) is 24.1 Å². The Morgan fingerprint density at radius 3 is 2.62 bits per heavy atom. The van der Waals surface area contributed by atoms with E-state index in [1.54, 1.807) is 37.3 Å². The van der Waals surface area contributed by atoms with E-state index < -0.39 is 5.97 Å². The van der Waals surface area contributed by atoms with Crippen molar-refractivity contribution >= 4 is 22.9 Å². The third kappa shape index (κ3) is 4.90. The molecule has 186 valence electrons. The molecule has 0 unspecified atom stereocenters. The number of carbonyl (C=O) groups excluding carboxylic acids is 1. The number of carboxylic acid groups (broad SMARTS) is 1. The molecule has 1 amide bonds. The molecule has 0 atom stereocenters.